The number of carbonyl (C=O) groups is 1. The number of rotatable bonds is 6. The third-order valence-electron chi connectivity index (χ3n) is 4.76. The van der Waals surface area contributed by atoms with Gasteiger partial charge in [0.2, 0.25) is 5.91 Å². The number of hydrogen-bond donors (Lipinski definition) is 2. The van der Waals surface area contributed by atoms with Crippen molar-refractivity contribution in [2.24, 2.45) is 0 Å². The highest BCUT2D eigenvalue weighted by molar-refractivity contribution is 6.34. The lowest BCUT2D eigenvalue weighted by Gasteiger charge is -2.17. The molecule has 0 aliphatic carbocycles. The lowest BCUT2D eigenvalue weighted by atomic mass is 10.0. The van der Waals surface area contributed by atoms with Crippen LogP contribution in [0.3, 0.4) is 0 Å². The quantitative estimate of drug-likeness (QED) is 0.670. The fraction of sp³-hybridized carbons (Fsp3) is 0.350. The topological polar surface area (TPSA) is 79.8 Å². The maximum atomic E-state index is 12.6. The largest absolute Gasteiger partial charge is 0.352 e. The van der Waals surface area contributed by atoms with Gasteiger partial charge in [0.15, 0.2) is 5.65 Å². The van der Waals surface area contributed by atoms with Crippen LogP contribution in [0.15, 0.2) is 35.3 Å². The molecular weight excluding hydrogens is 364 g/mol. The summed E-state index contributed by atoms with van der Waals surface area (Å²) in [5.41, 5.74) is 3.68. The Hall–Kier alpha value is -2.60. The van der Waals surface area contributed by atoms with Crippen LogP contribution in [0.5, 0.6) is 0 Å². The predicted octanol–water partition coefficient (Wildman–Crippen LogP) is 4.04. The van der Waals surface area contributed by atoms with Gasteiger partial charge in [-0.3, -0.25) is 14.3 Å². The average molecular weight is 387 g/mol. The van der Waals surface area contributed by atoms with Crippen molar-refractivity contribution in [3.05, 3.63) is 51.5 Å². The number of amides is 1. The molecule has 1 aromatic carbocycles. The Balaban J connectivity index is 2.22. The van der Waals surface area contributed by atoms with Crippen LogP contribution in [0.1, 0.15) is 45.2 Å². The van der Waals surface area contributed by atoms with Gasteiger partial charge in [-0.1, -0.05) is 43.6 Å². The highest BCUT2D eigenvalue weighted by Gasteiger charge is 2.21. The minimum absolute atomic E-state index is 0.0628. The summed E-state index contributed by atoms with van der Waals surface area (Å²) < 4.78 is 1.77. The highest BCUT2D eigenvalue weighted by Crippen LogP contribution is 2.35. The predicted molar refractivity (Wildman–Crippen MR) is 108 cm³/mol. The van der Waals surface area contributed by atoms with Gasteiger partial charge >= 0.3 is 5.69 Å². The summed E-state index contributed by atoms with van der Waals surface area (Å²) in [4.78, 5) is 31.0. The molecule has 0 aliphatic heterocycles. The van der Waals surface area contributed by atoms with E-state index in [0.29, 0.717) is 17.2 Å². The van der Waals surface area contributed by atoms with Gasteiger partial charge in [-0.15, -0.1) is 0 Å². The molecule has 27 heavy (non-hydrogen) atoms. The fourth-order valence-electron chi connectivity index (χ4n) is 3.41. The maximum Gasteiger partial charge on any atom is 0.327 e. The Morgan fingerprint density at radius 3 is 2.74 bits per heavy atom. The van der Waals surface area contributed by atoms with Crippen LogP contribution in [0.25, 0.3) is 22.3 Å². The summed E-state index contributed by atoms with van der Waals surface area (Å²) in [6.45, 7) is 6.04. The molecule has 0 aliphatic rings. The molecule has 0 saturated carbocycles. The first-order valence-electron chi connectivity index (χ1n) is 9.08. The highest BCUT2D eigenvalue weighted by atomic mass is 35.5. The standard InChI is InChI=1S/C20H23ClN4O2/c1-4-15(5-2)25-18-17(16(21)11-23-19(18)24-20(25)27)14-8-6-7-13(9-14)10-22-12(3)26/h6-9,11,15H,4-5,10H2,1-3H3,(H,22,26)(H,23,24,27). The van der Waals surface area contributed by atoms with Gasteiger partial charge in [0.1, 0.15) is 0 Å². The molecule has 142 valence electrons. The molecule has 2 aromatic heterocycles. The van der Waals surface area contributed by atoms with Crippen molar-refractivity contribution in [1.29, 1.82) is 0 Å². The van der Waals surface area contributed by atoms with Gasteiger partial charge in [-0.25, -0.2) is 9.78 Å². The van der Waals surface area contributed by atoms with Gasteiger partial charge < -0.3 is 5.32 Å². The Morgan fingerprint density at radius 2 is 2.07 bits per heavy atom. The number of hydrogen-bond acceptors (Lipinski definition) is 3. The summed E-state index contributed by atoms with van der Waals surface area (Å²) in [6, 6.07) is 7.85. The van der Waals surface area contributed by atoms with Crippen LogP contribution < -0.4 is 11.0 Å². The second kappa shape index (κ2) is 7.96. The number of nitrogens with zero attached hydrogens (tertiary/aromatic N) is 2. The third kappa shape index (κ3) is 3.76. The van der Waals surface area contributed by atoms with E-state index < -0.39 is 0 Å². The number of H-pyrrole nitrogens is 1. The summed E-state index contributed by atoms with van der Waals surface area (Å²) >= 11 is 6.53. The van der Waals surface area contributed by atoms with E-state index in [9.17, 15) is 9.59 Å². The number of carbonyl (C=O) groups excluding carboxylic acids is 1. The number of aromatic nitrogens is 3. The van der Waals surface area contributed by atoms with Crippen LogP contribution in [-0.2, 0) is 11.3 Å². The Bertz CT molecular complexity index is 1030. The van der Waals surface area contributed by atoms with E-state index in [4.69, 9.17) is 11.6 Å². The van der Waals surface area contributed by atoms with Crippen molar-refractivity contribution in [2.75, 3.05) is 0 Å². The van der Waals surface area contributed by atoms with Crippen molar-refractivity contribution < 1.29 is 4.79 Å². The monoisotopic (exact) mass is 386 g/mol. The molecule has 1 amide bonds. The minimum atomic E-state index is -0.177. The number of nitrogens with one attached hydrogen (secondary N) is 2. The van der Waals surface area contributed by atoms with E-state index in [1.165, 1.54) is 6.92 Å². The summed E-state index contributed by atoms with van der Waals surface area (Å²) in [6.07, 6.45) is 3.22. The van der Waals surface area contributed by atoms with Gasteiger partial charge in [0.05, 0.1) is 10.5 Å². The number of aromatic amines is 1. The Kier molecular flexibility index (Phi) is 5.65. The first-order chi connectivity index (χ1) is 13.0. The molecule has 6 nitrogen and oxygen atoms in total. The molecule has 2 heterocycles. The second-order valence-electron chi connectivity index (χ2n) is 6.56. The smallest absolute Gasteiger partial charge is 0.327 e. The van der Waals surface area contributed by atoms with Gasteiger partial charge in [-0.05, 0) is 30.0 Å². The molecular formula is C20H23ClN4O2. The van der Waals surface area contributed by atoms with Gasteiger partial charge in [-0.2, -0.15) is 0 Å². The normalized spacial score (nSPS) is 11.3. The minimum Gasteiger partial charge on any atom is -0.352 e. The molecule has 0 bridgehead atoms. The number of fused-ring (bicyclic) bond motifs is 1. The molecule has 3 aromatic rings. The van der Waals surface area contributed by atoms with Crippen molar-refractivity contribution in [3.8, 4) is 11.1 Å². The van der Waals surface area contributed by atoms with Crippen LogP contribution in [-0.4, -0.2) is 20.4 Å². The molecule has 0 saturated heterocycles. The molecule has 0 atom stereocenters. The zero-order valence-electron chi connectivity index (χ0n) is 15.7. The Labute approximate surface area is 162 Å². The van der Waals surface area contributed by atoms with Crippen molar-refractivity contribution in [2.45, 2.75) is 46.2 Å². The van der Waals surface area contributed by atoms with E-state index >= 15 is 0 Å². The second-order valence-corrected chi connectivity index (χ2v) is 6.97. The molecule has 0 radical (unpaired) electrons. The molecule has 0 unspecified atom stereocenters. The van der Waals surface area contributed by atoms with Gasteiger partial charge in [0, 0.05) is 31.3 Å². The van der Waals surface area contributed by atoms with E-state index in [0.717, 1.165) is 35.0 Å². The van der Waals surface area contributed by atoms with Crippen LogP contribution in [0, 0.1) is 0 Å². The maximum absolute atomic E-state index is 12.6. The number of halogens is 1. The van der Waals surface area contributed by atoms with E-state index in [2.05, 4.69) is 29.1 Å². The number of imidazole rings is 1. The summed E-state index contributed by atoms with van der Waals surface area (Å²) in [5, 5.41) is 3.28. The molecule has 7 heteroatoms. The SMILES string of the molecule is CCC(CC)n1c(=O)[nH]c2ncc(Cl)c(-c3cccc(CNC(C)=O)c3)c21. The van der Waals surface area contributed by atoms with E-state index in [1.54, 1.807) is 10.8 Å². The van der Waals surface area contributed by atoms with Gasteiger partial charge in [0.25, 0.3) is 0 Å². The zero-order valence-corrected chi connectivity index (χ0v) is 16.4. The Morgan fingerprint density at radius 1 is 1.33 bits per heavy atom. The molecule has 2 N–H and O–H groups in total. The van der Waals surface area contributed by atoms with Crippen molar-refractivity contribution in [1.82, 2.24) is 19.9 Å². The molecule has 3 rings (SSSR count). The van der Waals surface area contributed by atoms with E-state index in [1.807, 2.05) is 24.3 Å². The van der Waals surface area contributed by atoms with Crippen LogP contribution >= 0.6 is 11.6 Å². The first-order valence-corrected chi connectivity index (χ1v) is 9.46. The lowest BCUT2D eigenvalue weighted by molar-refractivity contribution is -0.119. The van der Waals surface area contributed by atoms with Crippen molar-refractivity contribution >= 4 is 28.7 Å². The molecule has 0 fully saturated rings. The van der Waals surface area contributed by atoms with E-state index in [-0.39, 0.29) is 17.6 Å². The lowest BCUT2D eigenvalue weighted by Crippen LogP contribution is -2.21. The summed E-state index contributed by atoms with van der Waals surface area (Å²) in [7, 11) is 0. The zero-order chi connectivity index (χ0) is 19.6. The number of benzene rings is 1. The van der Waals surface area contributed by atoms with Crippen molar-refractivity contribution in [3.63, 3.8) is 0 Å². The summed E-state index contributed by atoms with van der Waals surface area (Å²) in [5.74, 6) is -0.0852. The third-order valence-corrected chi connectivity index (χ3v) is 5.04. The fourth-order valence-corrected chi connectivity index (χ4v) is 3.66. The first kappa shape index (κ1) is 19.2. The average Bonchev–Trinajstić information content (AvgIpc) is 2.98. The van der Waals surface area contributed by atoms with Crippen LogP contribution in [0.4, 0.5) is 0 Å². The van der Waals surface area contributed by atoms with Crippen LogP contribution in [0.2, 0.25) is 5.02 Å². The number of pyridine rings is 1. The molecule has 0 spiro atoms.